The van der Waals surface area contributed by atoms with E-state index in [-0.39, 0.29) is 18.0 Å². The topological polar surface area (TPSA) is 114 Å². The molecule has 9 heteroatoms. The molecule has 2 aromatic rings. The van der Waals surface area contributed by atoms with Gasteiger partial charge < -0.3 is 25.5 Å². The first-order valence-corrected chi connectivity index (χ1v) is 9.86. The second-order valence-electron chi connectivity index (χ2n) is 6.76. The number of nitrogens with zero attached hydrogens (tertiary/aromatic N) is 3. The van der Waals surface area contributed by atoms with E-state index in [0.29, 0.717) is 23.9 Å². The molecule has 0 fully saturated rings. The molecular formula is C21H30N6O3. The molecule has 3 N–H and O–H groups in total. The van der Waals surface area contributed by atoms with Crippen LogP contribution in [0.4, 0.5) is 5.69 Å². The first-order chi connectivity index (χ1) is 14.4. The zero-order valence-corrected chi connectivity index (χ0v) is 17.9. The fourth-order valence-electron chi connectivity index (χ4n) is 2.60. The number of rotatable bonds is 12. The highest BCUT2D eigenvalue weighted by Crippen LogP contribution is 2.19. The first kappa shape index (κ1) is 22.9. The second kappa shape index (κ2) is 11.6. The van der Waals surface area contributed by atoms with Gasteiger partial charge in [-0.2, -0.15) is 0 Å². The van der Waals surface area contributed by atoms with Crippen molar-refractivity contribution in [3.63, 3.8) is 0 Å². The van der Waals surface area contributed by atoms with E-state index in [1.807, 2.05) is 19.1 Å². The number of ether oxygens (including phenoxy) is 2. The highest BCUT2D eigenvalue weighted by Gasteiger charge is 2.10. The molecular weight excluding hydrogens is 384 g/mol. The molecule has 30 heavy (non-hydrogen) atoms. The third-order valence-electron chi connectivity index (χ3n) is 4.42. The van der Waals surface area contributed by atoms with Gasteiger partial charge in [-0.3, -0.25) is 9.78 Å². The van der Waals surface area contributed by atoms with Gasteiger partial charge in [-0.05, 0) is 37.8 Å². The predicted octanol–water partition coefficient (Wildman–Crippen LogP) is 2.31. The van der Waals surface area contributed by atoms with Crippen molar-refractivity contribution in [1.29, 1.82) is 5.41 Å². The molecule has 0 aliphatic rings. The van der Waals surface area contributed by atoms with Gasteiger partial charge in [0.15, 0.2) is 0 Å². The molecule has 2 heterocycles. The van der Waals surface area contributed by atoms with E-state index >= 15 is 0 Å². The van der Waals surface area contributed by atoms with Gasteiger partial charge in [0.2, 0.25) is 5.88 Å². The number of nitrogens with one attached hydrogen (secondary N) is 3. The van der Waals surface area contributed by atoms with E-state index in [9.17, 15) is 4.79 Å². The number of aromatic nitrogens is 3. The Labute approximate surface area is 176 Å². The number of pyridine rings is 1. The Kier molecular flexibility index (Phi) is 8.86. The van der Waals surface area contributed by atoms with Gasteiger partial charge in [-0.25, -0.2) is 4.68 Å². The Bertz CT molecular complexity index is 908. The van der Waals surface area contributed by atoms with Gasteiger partial charge in [0.25, 0.3) is 5.56 Å². The van der Waals surface area contributed by atoms with Crippen molar-refractivity contribution in [2.45, 2.75) is 26.2 Å². The molecule has 0 saturated carbocycles. The van der Waals surface area contributed by atoms with E-state index in [1.54, 1.807) is 38.7 Å². The largest absolute Gasteiger partial charge is 0.495 e. The second-order valence-corrected chi connectivity index (χ2v) is 6.76. The molecule has 0 radical (unpaired) electrons. The summed E-state index contributed by atoms with van der Waals surface area (Å²) in [7, 11) is 3.18. The molecule has 0 amide bonds. The summed E-state index contributed by atoms with van der Waals surface area (Å²) in [6.45, 7) is 5.49. The average molecular weight is 415 g/mol. The summed E-state index contributed by atoms with van der Waals surface area (Å²) in [5.41, 5.74) is 1.37. The minimum absolute atomic E-state index is 0.199. The predicted molar refractivity (Wildman–Crippen MR) is 118 cm³/mol. The van der Waals surface area contributed by atoms with Crippen molar-refractivity contribution in [3.05, 3.63) is 52.7 Å². The zero-order chi connectivity index (χ0) is 21.9. The van der Waals surface area contributed by atoms with Crippen LogP contribution in [0.1, 0.15) is 31.9 Å². The molecule has 162 valence electrons. The Morgan fingerprint density at radius 1 is 1.40 bits per heavy atom. The van der Waals surface area contributed by atoms with E-state index in [4.69, 9.17) is 14.9 Å². The van der Waals surface area contributed by atoms with Crippen LogP contribution in [0.25, 0.3) is 0 Å². The highest BCUT2D eigenvalue weighted by molar-refractivity contribution is 5.95. The number of methoxy groups -OCH3 is 1. The van der Waals surface area contributed by atoms with Crippen LogP contribution in [0.5, 0.6) is 11.6 Å². The fraction of sp³-hybridized carbons (Fsp3) is 0.429. The normalized spacial score (nSPS) is 11.9. The van der Waals surface area contributed by atoms with Gasteiger partial charge in [0.1, 0.15) is 11.4 Å². The van der Waals surface area contributed by atoms with Crippen LogP contribution in [-0.4, -0.2) is 47.3 Å². The molecule has 0 aliphatic heterocycles. The summed E-state index contributed by atoms with van der Waals surface area (Å²) >= 11 is 0. The van der Waals surface area contributed by atoms with E-state index < -0.39 is 0 Å². The van der Waals surface area contributed by atoms with Crippen molar-refractivity contribution in [1.82, 2.24) is 20.1 Å². The lowest BCUT2D eigenvalue weighted by Gasteiger charge is -2.13. The maximum atomic E-state index is 12.3. The number of anilines is 1. The molecule has 0 bridgehead atoms. The standard InChI is InChI=1S/C21H30N6O3/c1-5-23-10-8-16(22)13-24-19-12-20(26-27(3)21(19)28)30-11-9-15(2)18-7-6-17(29-4)14-25-18/h6-8,10,12,14-15,22-24H,5,9,11,13H2,1-4H3/b10-8-,22-16?/t15-/m1/s1. The third-order valence-corrected chi connectivity index (χ3v) is 4.42. The van der Waals surface area contributed by atoms with Gasteiger partial charge >= 0.3 is 0 Å². The van der Waals surface area contributed by atoms with Crippen molar-refractivity contribution in [3.8, 4) is 11.6 Å². The number of hydrogen-bond acceptors (Lipinski definition) is 8. The van der Waals surface area contributed by atoms with Crippen molar-refractivity contribution >= 4 is 11.4 Å². The van der Waals surface area contributed by atoms with Crippen molar-refractivity contribution in [2.24, 2.45) is 7.05 Å². The highest BCUT2D eigenvalue weighted by atomic mass is 16.5. The Morgan fingerprint density at radius 2 is 2.20 bits per heavy atom. The number of hydrogen-bond donors (Lipinski definition) is 3. The first-order valence-electron chi connectivity index (χ1n) is 9.86. The van der Waals surface area contributed by atoms with Crippen LogP contribution in [0.15, 0.2) is 41.5 Å². The molecule has 1 atom stereocenters. The third kappa shape index (κ3) is 6.91. The quantitative estimate of drug-likeness (QED) is 0.457. The van der Waals surface area contributed by atoms with E-state index in [2.05, 4.69) is 27.6 Å². The monoisotopic (exact) mass is 414 g/mol. The maximum absolute atomic E-state index is 12.3. The summed E-state index contributed by atoms with van der Waals surface area (Å²) in [5, 5.41) is 18.0. The van der Waals surface area contributed by atoms with Gasteiger partial charge in [0, 0.05) is 31.3 Å². The summed E-state index contributed by atoms with van der Waals surface area (Å²) in [6.07, 6.45) is 5.80. The van der Waals surface area contributed by atoms with Crippen molar-refractivity contribution in [2.75, 3.05) is 32.1 Å². The Morgan fingerprint density at radius 3 is 2.87 bits per heavy atom. The zero-order valence-electron chi connectivity index (χ0n) is 17.9. The number of aryl methyl sites for hydroxylation is 1. The molecule has 0 unspecified atom stereocenters. The van der Waals surface area contributed by atoms with Crippen LogP contribution < -0.4 is 25.7 Å². The molecule has 0 aliphatic carbocycles. The lowest BCUT2D eigenvalue weighted by molar-refractivity contribution is 0.281. The lowest BCUT2D eigenvalue weighted by atomic mass is 10.0. The van der Waals surface area contributed by atoms with Crippen LogP contribution in [0.3, 0.4) is 0 Å². The van der Waals surface area contributed by atoms with Gasteiger partial charge in [0.05, 0.1) is 32.2 Å². The van der Waals surface area contributed by atoms with E-state index in [0.717, 1.165) is 24.4 Å². The smallest absolute Gasteiger partial charge is 0.290 e. The molecule has 2 rings (SSSR count). The molecule has 0 aromatic carbocycles. The molecule has 0 saturated heterocycles. The van der Waals surface area contributed by atoms with Crippen LogP contribution in [-0.2, 0) is 7.05 Å². The summed E-state index contributed by atoms with van der Waals surface area (Å²) in [5.74, 6) is 1.27. The minimum atomic E-state index is -0.276. The molecule has 0 spiro atoms. The van der Waals surface area contributed by atoms with Crippen LogP contribution >= 0.6 is 0 Å². The van der Waals surface area contributed by atoms with Gasteiger partial charge in [-0.15, -0.1) is 5.10 Å². The lowest BCUT2D eigenvalue weighted by Crippen LogP contribution is -2.25. The van der Waals surface area contributed by atoms with E-state index in [1.165, 1.54) is 4.68 Å². The van der Waals surface area contributed by atoms with Crippen LogP contribution in [0, 0.1) is 5.41 Å². The average Bonchev–Trinajstić information content (AvgIpc) is 2.75. The molecule has 9 nitrogen and oxygen atoms in total. The van der Waals surface area contributed by atoms with Crippen LogP contribution in [0.2, 0.25) is 0 Å². The fourth-order valence-corrected chi connectivity index (χ4v) is 2.60. The Hall–Kier alpha value is -3.36. The SMILES string of the molecule is CCN/C=C\C(=N)CNc1cc(OCC[C@@H](C)c2ccc(OC)cn2)nn(C)c1=O. The summed E-state index contributed by atoms with van der Waals surface area (Å²) in [4.78, 5) is 16.7. The Balaban J connectivity index is 1.92. The minimum Gasteiger partial charge on any atom is -0.495 e. The summed E-state index contributed by atoms with van der Waals surface area (Å²) < 4.78 is 12.1. The van der Waals surface area contributed by atoms with Crippen molar-refractivity contribution < 1.29 is 9.47 Å². The summed E-state index contributed by atoms with van der Waals surface area (Å²) in [6, 6.07) is 5.40. The maximum Gasteiger partial charge on any atom is 0.290 e. The molecule has 2 aromatic heterocycles. The van der Waals surface area contributed by atoms with Gasteiger partial charge in [-0.1, -0.05) is 6.92 Å².